The van der Waals surface area contributed by atoms with Gasteiger partial charge in [-0.05, 0) is 53.2 Å². The van der Waals surface area contributed by atoms with Gasteiger partial charge in [-0.3, -0.25) is 0 Å². The summed E-state index contributed by atoms with van der Waals surface area (Å²) in [5.74, 6) is -1.01. The molecule has 1 saturated carbocycles. The van der Waals surface area contributed by atoms with E-state index in [1.165, 1.54) is 12.1 Å². The molecule has 0 bridgehead atoms. The molecule has 2 atom stereocenters. The summed E-state index contributed by atoms with van der Waals surface area (Å²) in [4.78, 5) is 10.9. The third-order valence-corrected chi connectivity index (χ3v) is 4.14. The van der Waals surface area contributed by atoms with Crippen LogP contribution in [-0.4, -0.2) is 17.1 Å². The number of hydrogen-bond acceptors (Lipinski definition) is 2. The minimum atomic E-state index is -1.14. The van der Waals surface area contributed by atoms with Crippen LogP contribution in [0.3, 0.4) is 0 Å². The van der Waals surface area contributed by atoms with Gasteiger partial charge in [-0.15, -0.1) is 0 Å². The van der Waals surface area contributed by atoms with E-state index in [1.54, 1.807) is 0 Å². The molecule has 0 aliphatic heterocycles. The van der Waals surface area contributed by atoms with Crippen LogP contribution in [0.25, 0.3) is 0 Å². The highest BCUT2D eigenvalue weighted by atomic mass is 79.9. The van der Waals surface area contributed by atoms with Crippen molar-refractivity contribution in [2.75, 3.05) is 5.32 Å². The first kappa shape index (κ1) is 13.3. The van der Waals surface area contributed by atoms with Crippen molar-refractivity contribution in [3.63, 3.8) is 0 Å². The number of anilines is 1. The van der Waals surface area contributed by atoms with Crippen molar-refractivity contribution in [2.24, 2.45) is 5.92 Å². The van der Waals surface area contributed by atoms with Crippen molar-refractivity contribution in [2.45, 2.75) is 32.2 Å². The normalized spacial score (nSPS) is 23.1. The predicted octanol–water partition coefficient (Wildman–Crippen LogP) is 3.89. The van der Waals surface area contributed by atoms with Gasteiger partial charge < -0.3 is 10.4 Å². The molecule has 1 fully saturated rings. The smallest absolute Gasteiger partial charge is 0.336 e. The molecular formula is C13H15BrFNO2. The van der Waals surface area contributed by atoms with E-state index in [2.05, 4.69) is 28.2 Å². The van der Waals surface area contributed by atoms with Crippen LogP contribution in [0.15, 0.2) is 16.6 Å². The van der Waals surface area contributed by atoms with Gasteiger partial charge in [-0.25, -0.2) is 9.18 Å². The number of rotatable bonds is 3. The molecular weight excluding hydrogens is 301 g/mol. The maximum atomic E-state index is 14.0. The van der Waals surface area contributed by atoms with E-state index < -0.39 is 11.8 Å². The fourth-order valence-corrected chi connectivity index (χ4v) is 2.90. The first-order valence-corrected chi connectivity index (χ1v) is 6.76. The Hall–Kier alpha value is -1.10. The molecule has 2 unspecified atom stereocenters. The van der Waals surface area contributed by atoms with Crippen LogP contribution in [0.4, 0.5) is 10.1 Å². The minimum absolute atomic E-state index is 0.00560. The first-order chi connectivity index (χ1) is 8.49. The van der Waals surface area contributed by atoms with E-state index in [9.17, 15) is 9.18 Å². The zero-order chi connectivity index (χ0) is 13.3. The maximum Gasteiger partial charge on any atom is 0.336 e. The van der Waals surface area contributed by atoms with Crippen LogP contribution in [0, 0.1) is 11.7 Å². The van der Waals surface area contributed by atoms with E-state index in [4.69, 9.17) is 5.11 Å². The van der Waals surface area contributed by atoms with Crippen molar-refractivity contribution in [3.05, 3.63) is 28.0 Å². The number of benzene rings is 1. The number of nitrogens with one attached hydrogen (secondary N) is 1. The first-order valence-electron chi connectivity index (χ1n) is 5.97. The fraction of sp³-hybridized carbons (Fsp3) is 0.462. The van der Waals surface area contributed by atoms with Crippen molar-refractivity contribution in [1.82, 2.24) is 0 Å². The summed E-state index contributed by atoms with van der Waals surface area (Å²) in [6, 6.07) is 3.18. The van der Waals surface area contributed by atoms with Crippen LogP contribution < -0.4 is 5.32 Å². The van der Waals surface area contributed by atoms with Gasteiger partial charge in [0, 0.05) is 6.04 Å². The van der Waals surface area contributed by atoms with Gasteiger partial charge >= 0.3 is 5.97 Å². The van der Waals surface area contributed by atoms with Gasteiger partial charge in [0.05, 0.1) is 15.7 Å². The summed E-state index contributed by atoms with van der Waals surface area (Å²) in [7, 11) is 0. The number of hydrogen-bond donors (Lipinski definition) is 2. The Morgan fingerprint density at radius 2 is 2.22 bits per heavy atom. The lowest BCUT2D eigenvalue weighted by Gasteiger charge is -2.15. The van der Waals surface area contributed by atoms with E-state index in [0.29, 0.717) is 11.6 Å². The molecule has 1 aliphatic carbocycles. The highest BCUT2D eigenvalue weighted by Crippen LogP contribution is 2.31. The zero-order valence-electron chi connectivity index (χ0n) is 10.0. The van der Waals surface area contributed by atoms with Gasteiger partial charge in [0.15, 0.2) is 5.82 Å². The number of carbonyl (C=O) groups is 1. The van der Waals surface area contributed by atoms with Crippen molar-refractivity contribution < 1.29 is 14.3 Å². The Morgan fingerprint density at radius 1 is 1.50 bits per heavy atom. The molecule has 18 heavy (non-hydrogen) atoms. The molecule has 0 amide bonds. The molecule has 0 heterocycles. The number of carboxylic acid groups (broad SMARTS) is 1. The average Bonchev–Trinajstić information content (AvgIpc) is 2.70. The summed E-state index contributed by atoms with van der Waals surface area (Å²) < 4.78 is 14.0. The van der Waals surface area contributed by atoms with E-state index in [-0.39, 0.29) is 16.1 Å². The maximum absolute atomic E-state index is 14.0. The Balaban J connectivity index is 2.19. The number of aromatic carboxylic acids is 1. The van der Waals surface area contributed by atoms with Gasteiger partial charge in [0.1, 0.15) is 0 Å². The molecule has 98 valence electrons. The third kappa shape index (κ3) is 2.66. The standard InChI is InChI=1S/C13H15BrFNO2/c1-7-2-3-8(6-7)16-10-5-4-9(13(17)18)11(14)12(10)15/h4-5,7-8,16H,2-3,6H2,1H3,(H,17,18). The quantitative estimate of drug-likeness (QED) is 0.889. The fourth-order valence-electron chi connectivity index (χ4n) is 2.38. The SMILES string of the molecule is CC1CCC(Nc2ccc(C(=O)O)c(Br)c2F)C1. The number of halogens is 2. The van der Waals surface area contributed by atoms with Gasteiger partial charge in [0.2, 0.25) is 0 Å². The predicted molar refractivity (Wildman–Crippen MR) is 71.5 cm³/mol. The molecule has 3 nitrogen and oxygen atoms in total. The largest absolute Gasteiger partial charge is 0.478 e. The molecule has 0 saturated heterocycles. The Bertz CT molecular complexity index is 478. The molecule has 1 aliphatic rings. The second-order valence-electron chi connectivity index (χ2n) is 4.85. The summed E-state index contributed by atoms with van der Waals surface area (Å²) >= 11 is 3.00. The molecule has 2 rings (SSSR count). The Kier molecular flexibility index (Phi) is 3.90. The van der Waals surface area contributed by atoms with E-state index >= 15 is 0 Å². The monoisotopic (exact) mass is 315 g/mol. The lowest BCUT2D eigenvalue weighted by molar-refractivity contribution is 0.0695. The van der Waals surface area contributed by atoms with Crippen LogP contribution >= 0.6 is 15.9 Å². The summed E-state index contributed by atoms with van der Waals surface area (Å²) in [5, 5.41) is 12.0. The van der Waals surface area contributed by atoms with Crippen LogP contribution in [0.1, 0.15) is 36.5 Å². The van der Waals surface area contributed by atoms with Gasteiger partial charge in [-0.1, -0.05) is 6.92 Å². The third-order valence-electron chi connectivity index (χ3n) is 3.37. The van der Waals surface area contributed by atoms with Crippen molar-refractivity contribution in [1.29, 1.82) is 0 Å². The highest BCUT2D eigenvalue weighted by molar-refractivity contribution is 9.10. The van der Waals surface area contributed by atoms with Crippen molar-refractivity contribution >= 4 is 27.6 Å². The van der Waals surface area contributed by atoms with Crippen molar-refractivity contribution in [3.8, 4) is 0 Å². The molecule has 0 aromatic heterocycles. The van der Waals surface area contributed by atoms with Gasteiger partial charge in [0.25, 0.3) is 0 Å². The number of carboxylic acids is 1. The zero-order valence-corrected chi connectivity index (χ0v) is 11.6. The highest BCUT2D eigenvalue weighted by Gasteiger charge is 2.23. The summed E-state index contributed by atoms with van der Waals surface area (Å²) in [6.07, 6.45) is 3.20. The average molecular weight is 316 g/mol. The van der Waals surface area contributed by atoms with Gasteiger partial charge in [-0.2, -0.15) is 0 Å². The second kappa shape index (κ2) is 5.26. The topological polar surface area (TPSA) is 49.3 Å². The Labute approximate surface area is 114 Å². The van der Waals surface area contributed by atoms with Crippen LogP contribution in [0.2, 0.25) is 0 Å². The lowest BCUT2D eigenvalue weighted by Crippen LogP contribution is -2.16. The minimum Gasteiger partial charge on any atom is -0.478 e. The van der Waals surface area contributed by atoms with E-state index in [0.717, 1.165) is 19.3 Å². The summed E-state index contributed by atoms with van der Waals surface area (Å²) in [5.41, 5.74) is 0.309. The van der Waals surface area contributed by atoms with E-state index in [1.807, 2.05) is 0 Å². The molecule has 0 spiro atoms. The molecule has 1 aromatic rings. The molecule has 2 N–H and O–H groups in total. The molecule has 5 heteroatoms. The lowest BCUT2D eigenvalue weighted by atomic mass is 10.1. The molecule has 0 radical (unpaired) electrons. The Morgan fingerprint density at radius 3 is 2.78 bits per heavy atom. The van der Waals surface area contributed by atoms with Crippen LogP contribution in [-0.2, 0) is 0 Å². The summed E-state index contributed by atoms with van der Waals surface area (Å²) in [6.45, 7) is 2.18. The second-order valence-corrected chi connectivity index (χ2v) is 5.65. The molecule has 1 aromatic carbocycles. The van der Waals surface area contributed by atoms with Crippen LogP contribution in [0.5, 0.6) is 0 Å².